The fraction of sp³-hybridized carbons (Fsp3) is 0.318. The highest BCUT2D eigenvalue weighted by atomic mass is 79.9. The van der Waals surface area contributed by atoms with Gasteiger partial charge in [0.05, 0.1) is 0 Å². The lowest BCUT2D eigenvalue weighted by Gasteiger charge is -2.44. The Labute approximate surface area is 174 Å². The van der Waals surface area contributed by atoms with Gasteiger partial charge in [-0.25, -0.2) is 0 Å². The van der Waals surface area contributed by atoms with Crippen LogP contribution in [0.15, 0.2) is 59.1 Å². The number of hydrogen-bond acceptors (Lipinski definition) is 2. The minimum absolute atomic E-state index is 0.0726. The number of piperazine rings is 1. The maximum Gasteiger partial charge on any atom is 0.246 e. The molecule has 0 bridgehead atoms. The third-order valence-corrected chi connectivity index (χ3v) is 5.77. The Balaban J connectivity index is 1.61. The van der Waals surface area contributed by atoms with E-state index in [1.807, 2.05) is 47.4 Å². The monoisotopic (exact) mass is 446 g/mol. The Kier molecular flexibility index (Phi) is 6.74. The molecular formula is C22H24BrClN2O. The number of benzene rings is 2. The molecule has 142 valence electrons. The molecule has 0 aliphatic carbocycles. The first-order chi connectivity index (χ1) is 12.9. The standard InChI is InChI=1S/C22H24BrClN2O/c1-16-14-26(22(27)12-7-18-3-8-20(23)9-4-18)17(2)13-25(16)15-19-5-10-21(24)11-6-19/h3-12,16-17H,13-15H2,1-2H3/t16-,17+/m1/s1. The molecule has 1 heterocycles. The van der Waals surface area contributed by atoms with E-state index in [0.29, 0.717) is 6.04 Å². The summed E-state index contributed by atoms with van der Waals surface area (Å²) in [4.78, 5) is 17.1. The molecule has 0 spiro atoms. The van der Waals surface area contributed by atoms with E-state index in [0.717, 1.165) is 34.7 Å². The van der Waals surface area contributed by atoms with Crippen LogP contribution >= 0.6 is 27.5 Å². The van der Waals surface area contributed by atoms with E-state index in [-0.39, 0.29) is 11.9 Å². The Bertz CT molecular complexity index is 804. The van der Waals surface area contributed by atoms with Crippen molar-refractivity contribution in [2.45, 2.75) is 32.5 Å². The minimum atomic E-state index is 0.0726. The van der Waals surface area contributed by atoms with Crippen LogP contribution in [0.1, 0.15) is 25.0 Å². The summed E-state index contributed by atoms with van der Waals surface area (Å²) < 4.78 is 1.03. The molecule has 5 heteroatoms. The molecule has 2 aromatic carbocycles. The third-order valence-electron chi connectivity index (χ3n) is 4.99. The van der Waals surface area contributed by atoms with Gasteiger partial charge in [0.15, 0.2) is 0 Å². The van der Waals surface area contributed by atoms with Crippen molar-refractivity contribution >= 4 is 39.5 Å². The lowest BCUT2D eigenvalue weighted by molar-refractivity contribution is -0.131. The molecule has 0 saturated carbocycles. The van der Waals surface area contributed by atoms with Gasteiger partial charge in [0, 0.05) is 47.3 Å². The molecule has 1 amide bonds. The number of halogens is 2. The first-order valence-electron chi connectivity index (χ1n) is 9.15. The van der Waals surface area contributed by atoms with Crippen molar-refractivity contribution in [3.8, 4) is 0 Å². The second-order valence-corrected chi connectivity index (χ2v) is 8.48. The van der Waals surface area contributed by atoms with Crippen LogP contribution in [0.5, 0.6) is 0 Å². The van der Waals surface area contributed by atoms with Gasteiger partial charge in [0.25, 0.3) is 0 Å². The van der Waals surface area contributed by atoms with Gasteiger partial charge in [0.1, 0.15) is 0 Å². The Morgan fingerprint density at radius 1 is 1.07 bits per heavy atom. The fourth-order valence-corrected chi connectivity index (χ4v) is 3.78. The van der Waals surface area contributed by atoms with Crippen LogP contribution in [0.4, 0.5) is 0 Å². The second kappa shape index (κ2) is 9.05. The predicted molar refractivity (Wildman–Crippen MR) is 116 cm³/mol. The van der Waals surface area contributed by atoms with Gasteiger partial charge in [0.2, 0.25) is 5.91 Å². The Morgan fingerprint density at radius 3 is 2.41 bits per heavy atom. The number of carbonyl (C=O) groups excluding carboxylic acids is 1. The van der Waals surface area contributed by atoms with E-state index in [1.165, 1.54) is 5.56 Å². The first-order valence-corrected chi connectivity index (χ1v) is 10.3. The van der Waals surface area contributed by atoms with Crippen LogP contribution in [-0.4, -0.2) is 40.9 Å². The zero-order valence-electron chi connectivity index (χ0n) is 15.6. The van der Waals surface area contributed by atoms with Gasteiger partial charge < -0.3 is 4.90 Å². The molecule has 2 aromatic rings. The van der Waals surface area contributed by atoms with Crippen molar-refractivity contribution < 1.29 is 4.79 Å². The zero-order valence-corrected chi connectivity index (χ0v) is 18.0. The summed E-state index contributed by atoms with van der Waals surface area (Å²) >= 11 is 9.40. The van der Waals surface area contributed by atoms with Crippen LogP contribution in [0.3, 0.4) is 0 Å². The minimum Gasteiger partial charge on any atom is -0.334 e. The molecular weight excluding hydrogens is 424 g/mol. The molecule has 1 fully saturated rings. The Morgan fingerprint density at radius 2 is 1.74 bits per heavy atom. The van der Waals surface area contributed by atoms with E-state index in [1.54, 1.807) is 6.08 Å². The molecule has 0 radical (unpaired) electrons. The van der Waals surface area contributed by atoms with E-state index in [2.05, 4.69) is 46.8 Å². The summed E-state index contributed by atoms with van der Waals surface area (Å²) in [5, 5.41) is 0.758. The summed E-state index contributed by atoms with van der Waals surface area (Å²) in [6, 6.07) is 16.4. The molecule has 27 heavy (non-hydrogen) atoms. The highest BCUT2D eigenvalue weighted by Gasteiger charge is 2.30. The number of carbonyl (C=O) groups is 1. The van der Waals surface area contributed by atoms with Crippen molar-refractivity contribution in [1.82, 2.24) is 9.80 Å². The maximum absolute atomic E-state index is 12.7. The molecule has 0 aromatic heterocycles. The topological polar surface area (TPSA) is 23.6 Å². The van der Waals surface area contributed by atoms with Crippen molar-refractivity contribution in [2.75, 3.05) is 13.1 Å². The third kappa shape index (κ3) is 5.44. The maximum atomic E-state index is 12.7. The van der Waals surface area contributed by atoms with Crippen molar-refractivity contribution in [3.05, 3.63) is 75.2 Å². The molecule has 0 N–H and O–H groups in total. The summed E-state index contributed by atoms with van der Waals surface area (Å²) in [7, 11) is 0. The van der Waals surface area contributed by atoms with E-state index >= 15 is 0 Å². The van der Waals surface area contributed by atoms with E-state index < -0.39 is 0 Å². The van der Waals surface area contributed by atoms with Gasteiger partial charge in [-0.3, -0.25) is 9.69 Å². The lowest BCUT2D eigenvalue weighted by atomic mass is 10.1. The average molecular weight is 448 g/mol. The van der Waals surface area contributed by atoms with Crippen molar-refractivity contribution in [2.24, 2.45) is 0 Å². The van der Waals surface area contributed by atoms with Gasteiger partial charge >= 0.3 is 0 Å². The second-order valence-electron chi connectivity index (χ2n) is 7.13. The summed E-state index contributed by atoms with van der Waals surface area (Å²) in [5.41, 5.74) is 2.27. The van der Waals surface area contributed by atoms with Crippen LogP contribution in [0, 0.1) is 0 Å². The molecule has 0 unspecified atom stereocenters. The molecule has 1 aliphatic heterocycles. The van der Waals surface area contributed by atoms with Crippen LogP contribution in [-0.2, 0) is 11.3 Å². The summed E-state index contributed by atoms with van der Waals surface area (Å²) in [5.74, 6) is 0.0726. The van der Waals surface area contributed by atoms with Crippen LogP contribution < -0.4 is 0 Å². The molecule has 3 rings (SSSR count). The van der Waals surface area contributed by atoms with Crippen molar-refractivity contribution in [1.29, 1.82) is 0 Å². The highest BCUT2D eigenvalue weighted by molar-refractivity contribution is 9.10. The normalized spacial score (nSPS) is 21.0. The molecule has 1 aliphatic rings. The summed E-state index contributed by atoms with van der Waals surface area (Å²) in [6.45, 7) is 6.77. The van der Waals surface area contributed by atoms with Gasteiger partial charge in [-0.05, 0) is 55.3 Å². The quantitative estimate of drug-likeness (QED) is 0.599. The van der Waals surface area contributed by atoms with Gasteiger partial charge in [-0.15, -0.1) is 0 Å². The average Bonchev–Trinajstić information content (AvgIpc) is 2.65. The molecule has 3 nitrogen and oxygen atoms in total. The number of nitrogens with zero attached hydrogens (tertiary/aromatic N) is 2. The van der Waals surface area contributed by atoms with Gasteiger partial charge in [-0.2, -0.15) is 0 Å². The number of amides is 1. The first kappa shape index (κ1) is 20.1. The summed E-state index contributed by atoms with van der Waals surface area (Å²) in [6.07, 6.45) is 3.56. The van der Waals surface area contributed by atoms with Crippen LogP contribution in [0.25, 0.3) is 6.08 Å². The smallest absolute Gasteiger partial charge is 0.246 e. The molecule has 1 saturated heterocycles. The largest absolute Gasteiger partial charge is 0.334 e. The number of rotatable bonds is 4. The number of hydrogen-bond donors (Lipinski definition) is 0. The highest BCUT2D eigenvalue weighted by Crippen LogP contribution is 2.20. The zero-order chi connectivity index (χ0) is 19.4. The lowest BCUT2D eigenvalue weighted by Crippen LogP contribution is -2.57. The Hall–Kier alpha value is -1.62. The van der Waals surface area contributed by atoms with E-state index in [9.17, 15) is 4.79 Å². The fourth-order valence-electron chi connectivity index (χ4n) is 3.39. The predicted octanol–water partition coefficient (Wildman–Crippen LogP) is 5.24. The van der Waals surface area contributed by atoms with Crippen molar-refractivity contribution in [3.63, 3.8) is 0 Å². The molecule has 2 atom stereocenters. The van der Waals surface area contributed by atoms with Crippen LogP contribution in [0.2, 0.25) is 5.02 Å². The van der Waals surface area contributed by atoms with Gasteiger partial charge in [-0.1, -0.05) is 51.8 Å². The van der Waals surface area contributed by atoms with E-state index in [4.69, 9.17) is 11.6 Å². The SMILES string of the molecule is C[C@@H]1CN(C(=O)C=Cc2ccc(Br)cc2)[C@@H](C)CN1Cc1ccc(Cl)cc1.